The Morgan fingerprint density at radius 3 is 2.59 bits per heavy atom. The molecular formula is C17H19N3O2. The van der Waals surface area contributed by atoms with Crippen LogP contribution in [0, 0.1) is 0 Å². The van der Waals surface area contributed by atoms with Gasteiger partial charge in [0.25, 0.3) is 0 Å². The molecule has 0 aliphatic carbocycles. The first-order valence-corrected chi connectivity index (χ1v) is 7.30. The SMILES string of the molecule is CC(C)(C)OC(=O)N1Cc2cnc(-c3ccccc3)nc2C1. The van der Waals surface area contributed by atoms with Crippen molar-refractivity contribution >= 4 is 6.09 Å². The first-order chi connectivity index (χ1) is 10.4. The maximum absolute atomic E-state index is 12.1. The van der Waals surface area contributed by atoms with Gasteiger partial charge in [-0.25, -0.2) is 14.8 Å². The molecule has 0 radical (unpaired) electrons. The summed E-state index contributed by atoms with van der Waals surface area (Å²) in [6.07, 6.45) is 1.49. The second kappa shape index (κ2) is 5.40. The summed E-state index contributed by atoms with van der Waals surface area (Å²) in [5.74, 6) is 0.686. The van der Waals surface area contributed by atoms with Crippen molar-refractivity contribution in [2.75, 3.05) is 0 Å². The van der Waals surface area contributed by atoms with E-state index in [1.165, 1.54) is 0 Å². The fourth-order valence-electron chi connectivity index (χ4n) is 2.34. The number of aromatic nitrogens is 2. The molecule has 0 bridgehead atoms. The number of hydrogen-bond acceptors (Lipinski definition) is 4. The molecular weight excluding hydrogens is 278 g/mol. The third kappa shape index (κ3) is 3.08. The van der Waals surface area contributed by atoms with E-state index in [1.807, 2.05) is 51.1 Å². The van der Waals surface area contributed by atoms with Crippen molar-refractivity contribution in [1.82, 2.24) is 14.9 Å². The fraction of sp³-hybridized carbons (Fsp3) is 0.353. The summed E-state index contributed by atoms with van der Waals surface area (Å²) in [7, 11) is 0. The maximum atomic E-state index is 12.1. The number of hydrogen-bond donors (Lipinski definition) is 0. The molecule has 1 aromatic heterocycles. The number of ether oxygens (including phenoxy) is 1. The second-order valence-corrected chi connectivity index (χ2v) is 6.37. The summed E-state index contributed by atoms with van der Waals surface area (Å²) in [6, 6.07) is 9.82. The van der Waals surface area contributed by atoms with E-state index in [0.29, 0.717) is 18.9 Å². The van der Waals surface area contributed by atoms with Gasteiger partial charge in [-0.05, 0) is 20.8 Å². The summed E-state index contributed by atoms with van der Waals surface area (Å²) >= 11 is 0. The molecule has 0 N–H and O–H groups in total. The van der Waals surface area contributed by atoms with Crippen LogP contribution in [0.25, 0.3) is 11.4 Å². The van der Waals surface area contributed by atoms with Crippen molar-refractivity contribution in [3.05, 3.63) is 47.8 Å². The van der Waals surface area contributed by atoms with Gasteiger partial charge in [0.15, 0.2) is 5.82 Å². The zero-order chi connectivity index (χ0) is 15.7. The Labute approximate surface area is 130 Å². The monoisotopic (exact) mass is 297 g/mol. The van der Waals surface area contributed by atoms with Gasteiger partial charge >= 0.3 is 6.09 Å². The van der Waals surface area contributed by atoms with Crippen LogP contribution in [0.1, 0.15) is 32.0 Å². The Morgan fingerprint density at radius 1 is 1.18 bits per heavy atom. The van der Waals surface area contributed by atoms with Gasteiger partial charge in [-0.1, -0.05) is 30.3 Å². The molecule has 1 amide bonds. The third-order valence-electron chi connectivity index (χ3n) is 3.34. The van der Waals surface area contributed by atoms with Crippen LogP contribution in [0.5, 0.6) is 0 Å². The zero-order valence-electron chi connectivity index (χ0n) is 13.0. The lowest BCUT2D eigenvalue weighted by molar-refractivity contribution is 0.0240. The van der Waals surface area contributed by atoms with Gasteiger partial charge in [0.2, 0.25) is 0 Å². The smallest absolute Gasteiger partial charge is 0.410 e. The number of amides is 1. The van der Waals surface area contributed by atoms with Gasteiger partial charge < -0.3 is 4.74 Å². The number of benzene rings is 1. The van der Waals surface area contributed by atoms with Crippen molar-refractivity contribution < 1.29 is 9.53 Å². The summed E-state index contributed by atoms with van der Waals surface area (Å²) in [5.41, 5.74) is 2.35. The Bertz CT molecular complexity index is 693. The van der Waals surface area contributed by atoms with Crippen molar-refractivity contribution in [3.63, 3.8) is 0 Å². The number of carbonyl (C=O) groups is 1. The predicted octanol–water partition coefficient (Wildman–Crippen LogP) is 3.39. The molecule has 0 saturated carbocycles. The van der Waals surface area contributed by atoms with Crippen molar-refractivity contribution in [2.45, 2.75) is 39.5 Å². The molecule has 0 atom stereocenters. The maximum Gasteiger partial charge on any atom is 0.410 e. The van der Waals surface area contributed by atoms with E-state index in [9.17, 15) is 4.79 Å². The van der Waals surface area contributed by atoms with E-state index in [2.05, 4.69) is 9.97 Å². The molecule has 5 nitrogen and oxygen atoms in total. The molecule has 0 fully saturated rings. The van der Waals surface area contributed by atoms with E-state index >= 15 is 0 Å². The number of carbonyl (C=O) groups excluding carboxylic acids is 1. The lowest BCUT2D eigenvalue weighted by atomic mass is 10.2. The lowest BCUT2D eigenvalue weighted by Gasteiger charge is -2.23. The average molecular weight is 297 g/mol. The highest BCUT2D eigenvalue weighted by molar-refractivity contribution is 5.69. The molecule has 22 heavy (non-hydrogen) atoms. The zero-order valence-corrected chi connectivity index (χ0v) is 13.0. The summed E-state index contributed by atoms with van der Waals surface area (Å²) < 4.78 is 5.41. The largest absolute Gasteiger partial charge is 0.444 e. The second-order valence-electron chi connectivity index (χ2n) is 6.37. The molecule has 0 saturated heterocycles. The van der Waals surface area contributed by atoms with Crippen LogP contribution in [-0.2, 0) is 17.8 Å². The first-order valence-electron chi connectivity index (χ1n) is 7.30. The van der Waals surface area contributed by atoms with Crippen molar-refractivity contribution in [1.29, 1.82) is 0 Å². The Hall–Kier alpha value is -2.43. The Morgan fingerprint density at radius 2 is 1.91 bits per heavy atom. The molecule has 1 aliphatic rings. The minimum Gasteiger partial charge on any atom is -0.444 e. The first kappa shape index (κ1) is 14.5. The van der Waals surface area contributed by atoms with Gasteiger partial charge in [-0.2, -0.15) is 0 Å². The van der Waals surface area contributed by atoms with Crippen LogP contribution in [0.3, 0.4) is 0 Å². The third-order valence-corrected chi connectivity index (χ3v) is 3.34. The number of fused-ring (bicyclic) bond motifs is 1. The van der Waals surface area contributed by atoms with Crippen molar-refractivity contribution in [3.8, 4) is 11.4 Å². The van der Waals surface area contributed by atoms with E-state index in [-0.39, 0.29) is 6.09 Å². The molecule has 5 heteroatoms. The van der Waals surface area contributed by atoms with E-state index in [1.54, 1.807) is 11.1 Å². The van der Waals surface area contributed by atoms with E-state index in [4.69, 9.17) is 4.74 Å². The number of nitrogens with zero attached hydrogens (tertiary/aromatic N) is 3. The summed E-state index contributed by atoms with van der Waals surface area (Å²) in [6.45, 7) is 6.55. The van der Waals surface area contributed by atoms with Crippen LogP contribution in [0.4, 0.5) is 4.79 Å². The molecule has 0 spiro atoms. The van der Waals surface area contributed by atoms with Gasteiger partial charge in [0.1, 0.15) is 5.60 Å². The van der Waals surface area contributed by atoms with Crippen LogP contribution >= 0.6 is 0 Å². The van der Waals surface area contributed by atoms with E-state index in [0.717, 1.165) is 16.8 Å². The number of rotatable bonds is 1. The van der Waals surface area contributed by atoms with Crippen LogP contribution in [0.2, 0.25) is 0 Å². The minimum absolute atomic E-state index is 0.313. The summed E-state index contributed by atoms with van der Waals surface area (Å²) in [5, 5.41) is 0. The Kier molecular flexibility index (Phi) is 3.56. The normalized spacial score (nSPS) is 13.9. The standard InChI is InChI=1S/C17H19N3O2/c1-17(2,3)22-16(21)20-10-13-9-18-15(19-14(13)11-20)12-7-5-4-6-8-12/h4-9H,10-11H2,1-3H3. The highest BCUT2D eigenvalue weighted by Gasteiger charge is 2.29. The van der Waals surface area contributed by atoms with Crippen molar-refractivity contribution in [2.24, 2.45) is 0 Å². The Balaban J connectivity index is 1.78. The molecule has 0 unspecified atom stereocenters. The minimum atomic E-state index is -0.493. The summed E-state index contributed by atoms with van der Waals surface area (Å²) in [4.78, 5) is 22.8. The molecule has 1 aliphatic heterocycles. The molecule has 114 valence electrons. The molecule has 3 rings (SSSR count). The van der Waals surface area contributed by atoms with Gasteiger partial charge in [-0.15, -0.1) is 0 Å². The average Bonchev–Trinajstić information content (AvgIpc) is 2.89. The lowest BCUT2D eigenvalue weighted by Crippen LogP contribution is -2.33. The van der Waals surface area contributed by atoms with Crippen LogP contribution < -0.4 is 0 Å². The molecule has 2 aromatic rings. The predicted molar refractivity (Wildman–Crippen MR) is 82.9 cm³/mol. The molecule has 2 heterocycles. The topological polar surface area (TPSA) is 55.3 Å². The van der Waals surface area contributed by atoms with Gasteiger partial charge in [0, 0.05) is 17.3 Å². The van der Waals surface area contributed by atoms with Gasteiger partial charge in [0.05, 0.1) is 18.8 Å². The molecule has 1 aromatic carbocycles. The van der Waals surface area contributed by atoms with Crippen LogP contribution in [-0.4, -0.2) is 26.6 Å². The highest BCUT2D eigenvalue weighted by atomic mass is 16.6. The van der Waals surface area contributed by atoms with E-state index < -0.39 is 5.60 Å². The van der Waals surface area contributed by atoms with Gasteiger partial charge in [-0.3, -0.25) is 4.90 Å². The van der Waals surface area contributed by atoms with Crippen LogP contribution in [0.15, 0.2) is 36.5 Å². The highest BCUT2D eigenvalue weighted by Crippen LogP contribution is 2.25. The quantitative estimate of drug-likeness (QED) is 0.809. The fourth-order valence-corrected chi connectivity index (χ4v) is 2.34.